The first-order valence-electron chi connectivity index (χ1n) is 6.37. The van der Waals surface area contributed by atoms with E-state index in [0.717, 1.165) is 15.4 Å². The Hall–Kier alpha value is -1.93. The Labute approximate surface area is 123 Å². The van der Waals surface area contributed by atoms with Crippen molar-refractivity contribution >= 4 is 27.5 Å². The summed E-state index contributed by atoms with van der Waals surface area (Å²) in [5.41, 5.74) is 7.69. The number of aryl methyl sites for hydroxylation is 1. The van der Waals surface area contributed by atoms with Crippen LogP contribution >= 0.6 is 0 Å². The Balaban J connectivity index is 2.51. The SMILES string of the molecule is Cc1cc(S(=O)(=O)N2CC(=O)NC(=O)C2C)cc(N)c1C. The Morgan fingerprint density at radius 2 is 1.90 bits per heavy atom. The second kappa shape index (κ2) is 5.12. The second-order valence-electron chi connectivity index (χ2n) is 5.09. The third-order valence-electron chi connectivity index (χ3n) is 3.66. The number of hydrogen-bond donors (Lipinski definition) is 2. The lowest BCUT2D eigenvalue weighted by Gasteiger charge is -2.30. The molecule has 1 aromatic carbocycles. The third-order valence-corrected chi connectivity index (χ3v) is 5.56. The number of nitrogens with zero attached hydrogens (tertiary/aromatic N) is 1. The molecule has 1 aromatic rings. The van der Waals surface area contributed by atoms with E-state index in [1.165, 1.54) is 19.1 Å². The zero-order chi connectivity index (χ0) is 15.9. The molecular weight excluding hydrogens is 294 g/mol. The Morgan fingerprint density at radius 1 is 1.29 bits per heavy atom. The molecule has 2 rings (SSSR count). The minimum absolute atomic E-state index is 0.0162. The number of piperazine rings is 1. The smallest absolute Gasteiger partial charge is 0.244 e. The van der Waals surface area contributed by atoms with E-state index in [-0.39, 0.29) is 11.4 Å². The molecule has 0 saturated carbocycles. The van der Waals surface area contributed by atoms with Gasteiger partial charge in [0.2, 0.25) is 21.8 Å². The molecule has 2 amide bonds. The predicted octanol–water partition coefficient (Wildman–Crippen LogP) is -0.0788. The molecule has 1 heterocycles. The summed E-state index contributed by atoms with van der Waals surface area (Å²) >= 11 is 0. The number of nitrogens with one attached hydrogen (secondary N) is 1. The van der Waals surface area contributed by atoms with Crippen molar-refractivity contribution in [2.24, 2.45) is 0 Å². The summed E-state index contributed by atoms with van der Waals surface area (Å²) in [5.74, 6) is -1.27. The van der Waals surface area contributed by atoms with E-state index in [1.54, 1.807) is 13.8 Å². The number of benzene rings is 1. The van der Waals surface area contributed by atoms with Crippen molar-refractivity contribution in [2.45, 2.75) is 31.7 Å². The van der Waals surface area contributed by atoms with Crippen LogP contribution in [0.4, 0.5) is 5.69 Å². The highest BCUT2D eigenvalue weighted by Crippen LogP contribution is 2.25. The maximum absolute atomic E-state index is 12.6. The highest BCUT2D eigenvalue weighted by Gasteiger charge is 2.39. The van der Waals surface area contributed by atoms with Crippen LogP contribution in [-0.2, 0) is 19.6 Å². The van der Waals surface area contributed by atoms with Crippen LogP contribution < -0.4 is 11.1 Å². The summed E-state index contributed by atoms with van der Waals surface area (Å²) in [5, 5.41) is 2.11. The van der Waals surface area contributed by atoms with E-state index in [1.807, 2.05) is 0 Å². The van der Waals surface area contributed by atoms with Gasteiger partial charge in [-0.3, -0.25) is 14.9 Å². The quantitative estimate of drug-likeness (QED) is 0.586. The van der Waals surface area contributed by atoms with Gasteiger partial charge < -0.3 is 5.73 Å². The maximum atomic E-state index is 12.6. The molecule has 1 aliphatic heterocycles. The lowest BCUT2D eigenvalue weighted by atomic mass is 10.1. The van der Waals surface area contributed by atoms with E-state index in [9.17, 15) is 18.0 Å². The molecule has 3 N–H and O–H groups in total. The van der Waals surface area contributed by atoms with Gasteiger partial charge in [0, 0.05) is 5.69 Å². The first-order chi connectivity index (χ1) is 9.64. The summed E-state index contributed by atoms with van der Waals surface area (Å²) in [7, 11) is -3.97. The molecule has 114 valence electrons. The van der Waals surface area contributed by atoms with Crippen molar-refractivity contribution in [2.75, 3.05) is 12.3 Å². The summed E-state index contributed by atoms with van der Waals surface area (Å²) in [6, 6.07) is 1.89. The maximum Gasteiger partial charge on any atom is 0.244 e. The van der Waals surface area contributed by atoms with Crippen LogP contribution in [0.25, 0.3) is 0 Å². The van der Waals surface area contributed by atoms with Crippen molar-refractivity contribution in [1.29, 1.82) is 0 Å². The van der Waals surface area contributed by atoms with Crippen LogP contribution in [-0.4, -0.2) is 37.1 Å². The van der Waals surface area contributed by atoms with Gasteiger partial charge in [0.15, 0.2) is 0 Å². The minimum atomic E-state index is -3.97. The molecule has 8 heteroatoms. The van der Waals surface area contributed by atoms with Crippen molar-refractivity contribution in [3.63, 3.8) is 0 Å². The van der Waals surface area contributed by atoms with E-state index in [2.05, 4.69) is 5.32 Å². The fourth-order valence-electron chi connectivity index (χ4n) is 2.12. The predicted molar refractivity (Wildman–Crippen MR) is 76.8 cm³/mol. The average Bonchev–Trinajstić information content (AvgIpc) is 2.39. The van der Waals surface area contributed by atoms with Crippen LogP contribution in [0.3, 0.4) is 0 Å². The molecule has 1 fully saturated rings. The Bertz CT molecular complexity index is 704. The zero-order valence-corrected chi connectivity index (χ0v) is 12.8. The number of sulfonamides is 1. The fourth-order valence-corrected chi connectivity index (χ4v) is 3.79. The summed E-state index contributed by atoms with van der Waals surface area (Å²) in [4.78, 5) is 23.0. The number of nitrogens with two attached hydrogens (primary N) is 1. The first kappa shape index (κ1) is 15.5. The molecule has 0 spiro atoms. The number of hydrogen-bond acceptors (Lipinski definition) is 5. The monoisotopic (exact) mass is 311 g/mol. The molecule has 1 unspecified atom stereocenters. The van der Waals surface area contributed by atoms with Gasteiger partial charge in [0.1, 0.15) is 6.04 Å². The van der Waals surface area contributed by atoms with Crippen molar-refractivity contribution in [3.05, 3.63) is 23.3 Å². The molecule has 21 heavy (non-hydrogen) atoms. The first-order valence-corrected chi connectivity index (χ1v) is 7.81. The highest BCUT2D eigenvalue weighted by atomic mass is 32.2. The summed E-state index contributed by atoms with van der Waals surface area (Å²) < 4.78 is 26.2. The second-order valence-corrected chi connectivity index (χ2v) is 6.98. The Morgan fingerprint density at radius 3 is 2.48 bits per heavy atom. The number of rotatable bonds is 2. The number of amides is 2. The lowest BCUT2D eigenvalue weighted by molar-refractivity contribution is -0.136. The van der Waals surface area contributed by atoms with Crippen molar-refractivity contribution in [3.8, 4) is 0 Å². The van der Waals surface area contributed by atoms with E-state index >= 15 is 0 Å². The zero-order valence-electron chi connectivity index (χ0n) is 12.0. The van der Waals surface area contributed by atoms with Crippen molar-refractivity contribution < 1.29 is 18.0 Å². The molecule has 0 aromatic heterocycles. The normalized spacial score (nSPS) is 20.4. The van der Waals surface area contributed by atoms with Gasteiger partial charge in [0.25, 0.3) is 0 Å². The average molecular weight is 311 g/mol. The molecule has 0 bridgehead atoms. The topological polar surface area (TPSA) is 110 Å². The largest absolute Gasteiger partial charge is 0.398 e. The Kier molecular flexibility index (Phi) is 3.77. The molecule has 1 saturated heterocycles. The number of anilines is 1. The van der Waals surface area contributed by atoms with Gasteiger partial charge in [-0.25, -0.2) is 8.42 Å². The van der Waals surface area contributed by atoms with Crippen LogP contribution in [0.5, 0.6) is 0 Å². The number of imide groups is 1. The highest BCUT2D eigenvalue weighted by molar-refractivity contribution is 7.89. The van der Waals surface area contributed by atoms with Crippen LogP contribution in [0.2, 0.25) is 0 Å². The van der Waals surface area contributed by atoms with E-state index < -0.39 is 27.9 Å². The van der Waals surface area contributed by atoms with Crippen LogP contribution in [0.1, 0.15) is 18.1 Å². The van der Waals surface area contributed by atoms with Gasteiger partial charge in [-0.1, -0.05) is 0 Å². The lowest BCUT2D eigenvalue weighted by Crippen LogP contribution is -2.58. The van der Waals surface area contributed by atoms with Crippen molar-refractivity contribution in [1.82, 2.24) is 9.62 Å². The van der Waals surface area contributed by atoms with Crippen LogP contribution in [0, 0.1) is 13.8 Å². The third kappa shape index (κ3) is 2.64. The summed E-state index contributed by atoms with van der Waals surface area (Å²) in [6.45, 7) is 4.59. The molecule has 0 radical (unpaired) electrons. The minimum Gasteiger partial charge on any atom is -0.398 e. The number of nitrogen functional groups attached to an aromatic ring is 1. The fraction of sp³-hybridized carbons (Fsp3) is 0.385. The molecule has 1 atom stereocenters. The molecule has 0 aliphatic carbocycles. The van der Waals surface area contributed by atoms with E-state index in [0.29, 0.717) is 5.69 Å². The van der Waals surface area contributed by atoms with Gasteiger partial charge in [-0.2, -0.15) is 4.31 Å². The van der Waals surface area contributed by atoms with Gasteiger partial charge >= 0.3 is 0 Å². The van der Waals surface area contributed by atoms with Gasteiger partial charge in [0.05, 0.1) is 11.4 Å². The number of carbonyl (C=O) groups is 2. The van der Waals surface area contributed by atoms with Gasteiger partial charge in [-0.15, -0.1) is 0 Å². The standard InChI is InChI=1S/C13H17N3O4S/c1-7-4-10(5-11(14)8(7)2)21(19,20)16-6-12(17)15-13(18)9(16)3/h4-5,9H,6,14H2,1-3H3,(H,15,17,18). The molecular formula is C13H17N3O4S. The van der Waals surface area contributed by atoms with Gasteiger partial charge in [-0.05, 0) is 44.0 Å². The summed E-state index contributed by atoms with van der Waals surface area (Å²) in [6.07, 6.45) is 0. The van der Waals surface area contributed by atoms with Crippen LogP contribution in [0.15, 0.2) is 17.0 Å². The molecule has 7 nitrogen and oxygen atoms in total. The van der Waals surface area contributed by atoms with E-state index in [4.69, 9.17) is 5.73 Å². The number of carbonyl (C=O) groups excluding carboxylic acids is 2. The molecule has 1 aliphatic rings.